The molecule has 7 heteroatoms. The molecule has 1 fully saturated rings. The molecule has 1 aromatic heterocycles. The molecule has 36 heavy (non-hydrogen) atoms. The van der Waals surface area contributed by atoms with Crippen LogP contribution in [0.15, 0.2) is 60.8 Å². The molecule has 3 aromatic rings. The molecule has 0 spiro atoms. The molecule has 0 unspecified atom stereocenters. The second-order valence-corrected chi connectivity index (χ2v) is 9.41. The predicted molar refractivity (Wildman–Crippen MR) is 141 cm³/mol. The zero-order chi connectivity index (χ0) is 25.8. The van der Waals surface area contributed by atoms with Gasteiger partial charge in [0.05, 0.1) is 23.4 Å². The number of nitriles is 1. The van der Waals surface area contributed by atoms with Gasteiger partial charge in [-0.25, -0.2) is 14.7 Å². The van der Waals surface area contributed by atoms with Crippen molar-refractivity contribution in [3.05, 3.63) is 88.6 Å². The highest BCUT2D eigenvalue weighted by Gasteiger charge is 2.40. The molecule has 0 saturated carbocycles. The largest absolute Gasteiger partial charge is 0.354 e. The summed E-state index contributed by atoms with van der Waals surface area (Å²) in [7, 11) is 1.75. The number of urea groups is 1. The summed E-state index contributed by atoms with van der Waals surface area (Å²) in [6.45, 7) is 7.22. The summed E-state index contributed by atoms with van der Waals surface area (Å²) in [6, 6.07) is 18.9. The number of carbonyl (C=O) groups is 2. The third-order valence-electron chi connectivity index (χ3n) is 6.89. The van der Waals surface area contributed by atoms with Gasteiger partial charge in [-0.3, -0.25) is 4.79 Å². The minimum Gasteiger partial charge on any atom is -0.354 e. The van der Waals surface area contributed by atoms with Crippen molar-refractivity contribution >= 4 is 23.9 Å². The molecular weight excluding hydrogens is 450 g/mol. The number of aromatic nitrogens is 1. The molecule has 184 valence electrons. The molecule has 7 nitrogen and oxygen atoms in total. The highest BCUT2D eigenvalue weighted by atomic mass is 16.2. The number of likely N-dealkylation sites (N-methyl/N-ethyl adjacent to an activating group) is 1. The van der Waals surface area contributed by atoms with Crippen LogP contribution in [0, 0.1) is 25.2 Å². The van der Waals surface area contributed by atoms with Gasteiger partial charge in [-0.2, -0.15) is 5.26 Å². The van der Waals surface area contributed by atoms with Crippen molar-refractivity contribution in [1.29, 1.82) is 5.26 Å². The van der Waals surface area contributed by atoms with Crippen LogP contribution in [0.3, 0.4) is 0 Å². The molecule has 2 atom stereocenters. The Morgan fingerprint density at radius 1 is 1.11 bits per heavy atom. The number of aryl methyl sites for hydroxylation is 3. The molecule has 1 aliphatic rings. The third-order valence-corrected chi connectivity index (χ3v) is 6.89. The lowest BCUT2D eigenvalue weighted by Crippen LogP contribution is -2.48. The van der Waals surface area contributed by atoms with Crippen LogP contribution in [-0.2, 0) is 11.2 Å². The first-order chi connectivity index (χ1) is 17.3. The Morgan fingerprint density at radius 3 is 2.36 bits per heavy atom. The zero-order valence-electron chi connectivity index (χ0n) is 21.2. The molecule has 2 aromatic carbocycles. The molecule has 2 heterocycles. The summed E-state index contributed by atoms with van der Waals surface area (Å²) < 4.78 is 0. The van der Waals surface area contributed by atoms with Gasteiger partial charge in [0.15, 0.2) is 0 Å². The number of imide groups is 1. The second kappa shape index (κ2) is 10.6. The van der Waals surface area contributed by atoms with Gasteiger partial charge in [-0.1, -0.05) is 31.2 Å². The molecule has 0 bridgehead atoms. The Kier molecular flexibility index (Phi) is 7.35. The first-order valence-corrected chi connectivity index (χ1v) is 12.1. The molecule has 1 saturated heterocycles. The molecule has 0 radical (unpaired) electrons. The number of nitrogens with zero attached hydrogens (tertiary/aromatic N) is 5. The van der Waals surface area contributed by atoms with Gasteiger partial charge in [0.1, 0.15) is 5.82 Å². The number of rotatable bonds is 6. The van der Waals surface area contributed by atoms with E-state index in [1.807, 2.05) is 56.4 Å². The molecule has 1 aliphatic heterocycles. The maximum absolute atomic E-state index is 13.6. The van der Waals surface area contributed by atoms with E-state index in [9.17, 15) is 14.9 Å². The van der Waals surface area contributed by atoms with E-state index < -0.39 is 0 Å². The number of hydrogen-bond donors (Lipinski definition) is 0. The molecule has 0 N–H and O–H groups in total. The Hall–Kier alpha value is -4.18. The fraction of sp³-hybridized carbons (Fsp3) is 0.310. The van der Waals surface area contributed by atoms with Crippen LogP contribution in [0.4, 0.5) is 16.3 Å². The Morgan fingerprint density at radius 2 is 1.81 bits per heavy atom. The third kappa shape index (κ3) is 5.08. The summed E-state index contributed by atoms with van der Waals surface area (Å²) in [5, 5.41) is 9.22. The maximum atomic E-state index is 13.6. The molecule has 0 aliphatic carbocycles. The first kappa shape index (κ1) is 24.9. The summed E-state index contributed by atoms with van der Waals surface area (Å²) in [4.78, 5) is 35.4. The minimum atomic E-state index is -0.380. The van der Waals surface area contributed by atoms with Gasteiger partial charge in [-0.15, -0.1) is 0 Å². The molecule has 3 amide bonds. The second-order valence-electron chi connectivity index (χ2n) is 9.41. The lowest BCUT2D eigenvalue weighted by molar-refractivity contribution is -0.107. The lowest BCUT2D eigenvalue weighted by atomic mass is 9.93. The highest BCUT2D eigenvalue weighted by Crippen LogP contribution is 2.34. The monoisotopic (exact) mass is 481 g/mol. The quantitative estimate of drug-likeness (QED) is 0.472. The Labute approximate surface area is 212 Å². The normalized spacial score (nSPS) is 16.9. The van der Waals surface area contributed by atoms with E-state index in [1.165, 1.54) is 10.5 Å². The van der Waals surface area contributed by atoms with Crippen molar-refractivity contribution in [1.82, 2.24) is 9.88 Å². The van der Waals surface area contributed by atoms with Crippen molar-refractivity contribution < 1.29 is 9.59 Å². The lowest BCUT2D eigenvalue weighted by Gasteiger charge is -2.32. The van der Waals surface area contributed by atoms with Gasteiger partial charge in [0.25, 0.3) is 0 Å². The van der Waals surface area contributed by atoms with Gasteiger partial charge in [0, 0.05) is 32.3 Å². The van der Waals surface area contributed by atoms with Crippen molar-refractivity contribution in [2.24, 2.45) is 0 Å². The summed E-state index contributed by atoms with van der Waals surface area (Å²) >= 11 is 0. The number of hydrogen-bond acceptors (Lipinski definition) is 5. The van der Waals surface area contributed by atoms with Crippen LogP contribution < -0.4 is 9.80 Å². The SMILES string of the molecule is CCc1ccc(N2C[C@H](c3ccc(C#N)cc3)[C@@H](N(C)C(=O)N(C=O)c3cc(C)cc(C)c3)C2)nc1. The van der Waals surface area contributed by atoms with Gasteiger partial charge in [-0.05, 0) is 72.9 Å². The number of amides is 3. The number of benzene rings is 2. The van der Waals surface area contributed by atoms with E-state index >= 15 is 0 Å². The van der Waals surface area contributed by atoms with Crippen molar-refractivity contribution in [2.45, 2.75) is 39.2 Å². The van der Waals surface area contributed by atoms with E-state index in [0.717, 1.165) is 28.9 Å². The molecule has 4 rings (SSSR count). The van der Waals surface area contributed by atoms with Gasteiger partial charge >= 0.3 is 6.03 Å². The smallest absolute Gasteiger partial charge is 0.331 e. The van der Waals surface area contributed by atoms with E-state index in [4.69, 9.17) is 0 Å². The van der Waals surface area contributed by atoms with Gasteiger partial charge < -0.3 is 9.80 Å². The summed E-state index contributed by atoms with van der Waals surface area (Å²) in [5.74, 6) is 0.836. The Balaban J connectivity index is 1.66. The Bertz CT molecular complexity index is 1260. The van der Waals surface area contributed by atoms with Crippen LogP contribution in [0.25, 0.3) is 0 Å². The summed E-state index contributed by atoms with van der Waals surface area (Å²) in [5.41, 5.74) is 5.32. The van der Waals surface area contributed by atoms with Crippen molar-refractivity contribution in [3.8, 4) is 6.07 Å². The predicted octanol–water partition coefficient (Wildman–Crippen LogP) is 4.82. The maximum Gasteiger partial charge on any atom is 0.331 e. The zero-order valence-corrected chi connectivity index (χ0v) is 21.2. The standard InChI is InChI=1S/C29H31N5O2/c1-5-22-8-11-28(31-16-22)33-17-26(24-9-6-23(15-30)7-10-24)27(18-33)32(4)29(36)34(19-35)25-13-20(2)12-21(3)14-25/h6-14,16,19,26-27H,5,17-18H2,1-4H3/t26-,27+/m1/s1. The fourth-order valence-corrected chi connectivity index (χ4v) is 4.93. The first-order valence-electron chi connectivity index (χ1n) is 12.1. The van der Waals surface area contributed by atoms with Crippen LogP contribution >= 0.6 is 0 Å². The van der Waals surface area contributed by atoms with Crippen LogP contribution in [0.2, 0.25) is 0 Å². The number of carbonyl (C=O) groups excluding carboxylic acids is 2. The van der Waals surface area contributed by atoms with Crippen molar-refractivity contribution in [3.63, 3.8) is 0 Å². The average Bonchev–Trinajstić information content (AvgIpc) is 3.33. The fourth-order valence-electron chi connectivity index (χ4n) is 4.93. The summed E-state index contributed by atoms with van der Waals surface area (Å²) in [6.07, 6.45) is 3.39. The van der Waals surface area contributed by atoms with E-state index in [0.29, 0.717) is 30.8 Å². The van der Waals surface area contributed by atoms with E-state index in [1.54, 1.807) is 24.1 Å². The van der Waals surface area contributed by atoms with Crippen LogP contribution in [-0.4, -0.2) is 48.5 Å². The molecular formula is C29H31N5O2. The van der Waals surface area contributed by atoms with Crippen LogP contribution in [0.5, 0.6) is 0 Å². The average molecular weight is 482 g/mol. The highest BCUT2D eigenvalue weighted by molar-refractivity contribution is 6.06. The van der Waals surface area contributed by atoms with Gasteiger partial charge in [0.2, 0.25) is 6.41 Å². The number of anilines is 2. The van der Waals surface area contributed by atoms with E-state index in [-0.39, 0.29) is 18.0 Å². The van der Waals surface area contributed by atoms with Crippen molar-refractivity contribution in [2.75, 3.05) is 29.9 Å². The number of pyridine rings is 1. The van der Waals surface area contributed by atoms with E-state index in [2.05, 4.69) is 28.9 Å². The minimum absolute atomic E-state index is 0.0212. The van der Waals surface area contributed by atoms with Crippen LogP contribution in [0.1, 0.15) is 40.7 Å². The topological polar surface area (TPSA) is 80.5 Å².